The lowest BCUT2D eigenvalue weighted by molar-refractivity contribution is -0.120. The number of hydrogen-bond donors (Lipinski definition) is 1. The standard InChI is InChI=1S/C22H18BrNO4/c23-17-12-10-16(11-13-17)14-24(20-9-5-4-8-19(20)22(26)27)21(25)15-28-18-6-2-1-3-7-18/h1-13H,14-15H2,(H,26,27). The number of carbonyl (C=O) groups excluding carboxylic acids is 1. The van der Waals surface area contributed by atoms with Crippen molar-refractivity contribution in [1.82, 2.24) is 0 Å². The summed E-state index contributed by atoms with van der Waals surface area (Å²) >= 11 is 3.39. The van der Waals surface area contributed by atoms with Crippen molar-refractivity contribution in [2.75, 3.05) is 11.5 Å². The summed E-state index contributed by atoms with van der Waals surface area (Å²) in [6.07, 6.45) is 0. The molecule has 6 heteroatoms. The number of carbonyl (C=O) groups is 2. The van der Waals surface area contributed by atoms with Gasteiger partial charge in [0.1, 0.15) is 5.75 Å². The van der Waals surface area contributed by atoms with Gasteiger partial charge in [-0.1, -0.05) is 58.4 Å². The summed E-state index contributed by atoms with van der Waals surface area (Å²) in [7, 11) is 0. The van der Waals surface area contributed by atoms with Gasteiger partial charge in [-0.3, -0.25) is 4.79 Å². The first kappa shape index (κ1) is 19.6. The molecule has 0 bridgehead atoms. The van der Waals surface area contributed by atoms with Crippen molar-refractivity contribution in [2.45, 2.75) is 6.54 Å². The zero-order valence-corrected chi connectivity index (χ0v) is 16.5. The predicted molar refractivity (Wildman–Crippen MR) is 111 cm³/mol. The van der Waals surface area contributed by atoms with Gasteiger partial charge in [-0.25, -0.2) is 4.79 Å². The molecule has 0 aliphatic rings. The molecule has 0 unspecified atom stereocenters. The molecule has 0 saturated carbocycles. The molecule has 0 aromatic heterocycles. The molecule has 3 aromatic carbocycles. The third-order valence-electron chi connectivity index (χ3n) is 4.09. The lowest BCUT2D eigenvalue weighted by atomic mass is 10.1. The first-order chi connectivity index (χ1) is 13.5. The first-order valence-electron chi connectivity index (χ1n) is 8.59. The van der Waals surface area contributed by atoms with Crippen LogP contribution in [0.2, 0.25) is 0 Å². The summed E-state index contributed by atoms with van der Waals surface area (Å²) in [5.74, 6) is -0.848. The molecule has 0 fully saturated rings. The minimum Gasteiger partial charge on any atom is -0.484 e. The van der Waals surface area contributed by atoms with Gasteiger partial charge in [-0.2, -0.15) is 0 Å². The second-order valence-corrected chi connectivity index (χ2v) is 6.95. The Bertz CT molecular complexity index is 958. The number of halogens is 1. The Balaban J connectivity index is 1.88. The van der Waals surface area contributed by atoms with Crippen molar-refractivity contribution in [3.63, 3.8) is 0 Å². The second kappa shape index (κ2) is 9.19. The van der Waals surface area contributed by atoms with Crippen molar-refractivity contribution in [1.29, 1.82) is 0 Å². The summed E-state index contributed by atoms with van der Waals surface area (Å²) < 4.78 is 6.50. The van der Waals surface area contributed by atoms with Crippen LogP contribution in [0.4, 0.5) is 5.69 Å². The monoisotopic (exact) mass is 439 g/mol. The van der Waals surface area contributed by atoms with Crippen molar-refractivity contribution in [3.05, 3.63) is 94.5 Å². The smallest absolute Gasteiger partial charge is 0.337 e. The quantitative estimate of drug-likeness (QED) is 0.576. The van der Waals surface area contributed by atoms with E-state index in [4.69, 9.17) is 4.74 Å². The highest BCUT2D eigenvalue weighted by molar-refractivity contribution is 9.10. The number of amides is 1. The van der Waals surface area contributed by atoms with E-state index in [1.165, 1.54) is 11.0 Å². The normalized spacial score (nSPS) is 10.3. The maximum Gasteiger partial charge on any atom is 0.337 e. The fraction of sp³-hybridized carbons (Fsp3) is 0.0909. The zero-order valence-electron chi connectivity index (χ0n) is 14.9. The number of carboxylic acids is 1. The number of ether oxygens (including phenoxy) is 1. The first-order valence-corrected chi connectivity index (χ1v) is 9.39. The molecule has 3 aromatic rings. The number of aromatic carboxylic acids is 1. The van der Waals surface area contributed by atoms with E-state index in [1.807, 2.05) is 42.5 Å². The number of benzene rings is 3. The number of para-hydroxylation sites is 2. The van der Waals surface area contributed by atoms with Crippen LogP contribution in [0.3, 0.4) is 0 Å². The number of carboxylic acid groups (broad SMARTS) is 1. The van der Waals surface area contributed by atoms with Crippen LogP contribution in [0.1, 0.15) is 15.9 Å². The molecule has 0 atom stereocenters. The van der Waals surface area contributed by atoms with E-state index < -0.39 is 5.97 Å². The molecular formula is C22H18BrNO4. The number of anilines is 1. The van der Waals surface area contributed by atoms with Gasteiger partial charge in [0.05, 0.1) is 17.8 Å². The van der Waals surface area contributed by atoms with Gasteiger partial charge in [0, 0.05) is 4.47 Å². The number of nitrogens with zero attached hydrogens (tertiary/aromatic N) is 1. The van der Waals surface area contributed by atoms with E-state index in [-0.39, 0.29) is 24.6 Å². The Labute approximate surface area is 171 Å². The molecule has 0 saturated heterocycles. The minimum atomic E-state index is -1.09. The highest BCUT2D eigenvalue weighted by Gasteiger charge is 2.22. The maximum atomic E-state index is 13.0. The highest BCUT2D eigenvalue weighted by atomic mass is 79.9. The predicted octanol–water partition coefficient (Wildman–Crippen LogP) is 4.76. The SMILES string of the molecule is O=C(O)c1ccccc1N(Cc1ccc(Br)cc1)C(=O)COc1ccccc1. The Morgan fingerprint density at radius 2 is 1.54 bits per heavy atom. The van der Waals surface area contributed by atoms with Gasteiger partial charge < -0.3 is 14.7 Å². The fourth-order valence-electron chi connectivity index (χ4n) is 2.71. The van der Waals surface area contributed by atoms with Gasteiger partial charge in [-0.15, -0.1) is 0 Å². The van der Waals surface area contributed by atoms with Crippen LogP contribution >= 0.6 is 15.9 Å². The van der Waals surface area contributed by atoms with E-state index in [1.54, 1.807) is 30.3 Å². The van der Waals surface area contributed by atoms with Gasteiger partial charge in [-0.05, 0) is 42.0 Å². The van der Waals surface area contributed by atoms with E-state index >= 15 is 0 Å². The lowest BCUT2D eigenvalue weighted by Crippen LogP contribution is -2.35. The van der Waals surface area contributed by atoms with E-state index in [0.29, 0.717) is 11.4 Å². The van der Waals surface area contributed by atoms with Crippen LogP contribution in [-0.4, -0.2) is 23.6 Å². The van der Waals surface area contributed by atoms with Gasteiger partial charge in [0.15, 0.2) is 6.61 Å². The molecule has 0 radical (unpaired) electrons. The minimum absolute atomic E-state index is 0.0627. The second-order valence-electron chi connectivity index (χ2n) is 6.03. The average molecular weight is 440 g/mol. The van der Waals surface area contributed by atoms with Crippen molar-refractivity contribution in [2.24, 2.45) is 0 Å². The summed E-state index contributed by atoms with van der Waals surface area (Å²) in [5.41, 5.74) is 1.27. The van der Waals surface area contributed by atoms with Gasteiger partial charge in [0.2, 0.25) is 0 Å². The van der Waals surface area contributed by atoms with Crippen LogP contribution in [-0.2, 0) is 11.3 Å². The Kier molecular flexibility index (Phi) is 6.45. The molecule has 0 aliphatic carbocycles. The molecule has 0 heterocycles. The third kappa shape index (κ3) is 4.98. The lowest BCUT2D eigenvalue weighted by Gasteiger charge is -2.24. The third-order valence-corrected chi connectivity index (χ3v) is 4.61. The molecule has 28 heavy (non-hydrogen) atoms. The Morgan fingerprint density at radius 1 is 0.893 bits per heavy atom. The van der Waals surface area contributed by atoms with Crippen molar-refractivity contribution in [3.8, 4) is 5.75 Å². The van der Waals surface area contributed by atoms with Gasteiger partial charge >= 0.3 is 5.97 Å². The van der Waals surface area contributed by atoms with E-state index in [2.05, 4.69) is 15.9 Å². The van der Waals surface area contributed by atoms with Crippen molar-refractivity contribution < 1.29 is 19.4 Å². The molecule has 0 spiro atoms. The summed E-state index contributed by atoms with van der Waals surface area (Å²) in [6, 6.07) is 23.0. The van der Waals surface area contributed by atoms with Gasteiger partial charge in [0.25, 0.3) is 5.91 Å². The summed E-state index contributed by atoms with van der Waals surface area (Å²) in [4.78, 5) is 26.1. The number of rotatable bonds is 7. The van der Waals surface area contributed by atoms with Crippen molar-refractivity contribution >= 4 is 33.5 Å². The topological polar surface area (TPSA) is 66.8 Å². The average Bonchev–Trinajstić information content (AvgIpc) is 2.72. The van der Waals surface area contributed by atoms with Crippen LogP contribution < -0.4 is 9.64 Å². The van der Waals surface area contributed by atoms with Crippen LogP contribution in [0.25, 0.3) is 0 Å². The summed E-state index contributed by atoms with van der Waals surface area (Å²) in [5, 5.41) is 9.53. The Hall–Kier alpha value is -3.12. The van der Waals surface area contributed by atoms with E-state index in [9.17, 15) is 14.7 Å². The fourth-order valence-corrected chi connectivity index (χ4v) is 2.97. The molecule has 1 amide bonds. The molecule has 1 N–H and O–H groups in total. The molecule has 0 aliphatic heterocycles. The summed E-state index contributed by atoms with van der Waals surface area (Å²) in [6.45, 7) is 0.0308. The molecule has 5 nitrogen and oxygen atoms in total. The Morgan fingerprint density at radius 3 is 2.21 bits per heavy atom. The van der Waals surface area contributed by atoms with Crippen LogP contribution in [0, 0.1) is 0 Å². The zero-order chi connectivity index (χ0) is 19.9. The maximum absolute atomic E-state index is 13.0. The highest BCUT2D eigenvalue weighted by Crippen LogP contribution is 2.24. The van der Waals surface area contributed by atoms with Crippen LogP contribution in [0.15, 0.2) is 83.3 Å². The molecular weight excluding hydrogens is 422 g/mol. The molecule has 142 valence electrons. The number of hydrogen-bond acceptors (Lipinski definition) is 3. The van der Waals surface area contributed by atoms with E-state index in [0.717, 1.165) is 10.0 Å². The largest absolute Gasteiger partial charge is 0.484 e. The van der Waals surface area contributed by atoms with Crippen LogP contribution in [0.5, 0.6) is 5.75 Å². The molecule has 3 rings (SSSR count).